The van der Waals surface area contributed by atoms with E-state index >= 15 is 0 Å². The third kappa shape index (κ3) is 5.83. The average molecular weight is 431 g/mol. The molecule has 1 saturated heterocycles. The van der Waals surface area contributed by atoms with Crippen LogP contribution in [0.2, 0.25) is 0 Å². The minimum Gasteiger partial charge on any atom is -0.352 e. The predicted molar refractivity (Wildman–Crippen MR) is 119 cm³/mol. The highest BCUT2D eigenvalue weighted by molar-refractivity contribution is 7.92. The Labute approximate surface area is 179 Å². The minimum atomic E-state index is -3.70. The number of anilines is 1. The number of benzene rings is 2. The Hall–Kier alpha value is -2.38. The van der Waals surface area contributed by atoms with E-state index in [0.29, 0.717) is 23.8 Å². The molecule has 2 aromatic rings. The van der Waals surface area contributed by atoms with Crippen LogP contribution in [0.15, 0.2) is 53.4 Å². The Morgan fingerprint density at radius 2 is 1.83 bits per heavy atom. The van der Waals surface area contributed by atoms with Gasteiger partial charge in [-0.25, -0.2) is 8.42 Å². The van der Waals surface area contributed by atoms with Crippen LogP contribution in [-0.2, 0) is 10.0 Å². The standard InChI is InChI=1S/C23H31N3O3S/c1-18-8-3-4-10-22(18)25-30(28,29)21-13-11-20(12-14-21)23(27)24-15-7-17-26-16-6-5-9-19(26)2/h3-4,8,10-14,19,25H,5-7,9,15-17H2,1-2H3,(H,24,27)/p+1/t19-/m1/s1. The number of carbonyl (C=O) groups is 1. The van der Waals surface area contributed by atoms with Crippen molar-refractivity contribution in [3.05, 3.63) is 59.7 Å². The molecule has 0 aliphatic carbocycles. The van der Waals surface area contributed by atoms with Gasteiger partial charge in [0.05, 0.1) is 29.7 Å². The third-order valence-corrected chi connectivity index (χ3v) is 7.24. The molecule has 3 N–H and O–H groups in total. The maximum atomic E-state index is 12.6. The normalized spacial score (nSPS) is 19.3. The Morgan fingerprint density at radius 3 is 2.53 bits per heavy atom. The molecule has 0 saturated carbocycles. The van der Waals surface area contributed by atoms with Crippen LogP contribution in [0.4, 0.5) is 5.69 Å². The first-order valence-corrected chi connectivity index (χ1v) is 12.2. The molecule has 162 valence electrons. The summed E-state index contributed by atoms with van der Waals surface area (Å²) in [6, 6.07) is 14.0. The van der Waals surface area contributed by atoms with Gasteiger partial charge >= 0.3 is 0 Å². The molecular weight excluding hydrogens is 398 g/mol. The van der Waals surface area contributed by atoms with E-state index < -0.39 is 10.0 Å². The van der Waals surface area contributed by atoms with Crippen LogP contribution in [0, 0.1) is 6.92 Å². The molecule has 30 heavy (non-hydrogen) atoms. The fourth-order valence-corrected chi connectivity index (χ4v) is 5.05. The van der Waals surface area contributed by atoms with Crippen molar-refractivity contribution in [1.29, 1.82) is 0 Å². The summed E-state index contributed by atoms with van der Waals surface area (Å²) in [6.45, 7) is 7.07. The summed E-state index contributed by atoms with van der Waals surface area (Å²) in [4.78, 5) is 14.1. The van der Waals surface area contributed by atoms with Crippen molar-refractivity contribution >= 4 is 21.6 Å². The lowest BCUT2D eigenvalue weighted by Gasteiger charge is -2.30. The fraction of sp³-hybridized carbons (Fsp3) is 0.435. The highest BCUT2D eigenvalue weighted by Crippen LogP contribution is 2.19. The van der Waals surface area contributed by atoms with E-state index in [9.17, 15) is 13.2 Å². The molecule has 0 bridgehead atoms. The number of hydrogen-bond donors (Lipinski definition) is 3. The number of para-hydroxylation sites is 1. The lowest BCUT2D eigenvalue weighted by Crippen LogP contribution is -3.16. The number of sulfonamides is 1. The molecule has 0 radical (unpaired) electrons. The molecule has 1 aliphatic rings. The third-order valence-electron chi connectivity index (χ3n) is 5.86. The zero-order valence-electron chi connectivity index (χ0n) is 17.8. The van der Waals surface area contributed by atoms with Gasteiger partial charge in [-0.3, -0.25) is 9.52 Å². The van der Waals surface area contributed by atoms with Crippen molar-refractivity contribution in [3.8, 4) is 0 Å². The van der Waals surface area contributed by atoms with Crippen molar-refractivity contribution in [2.75, 3.05) is 24.4 Å². The predicted octanol–water partition coefficient (Wildman–Crippen LogP) is 2.37. The molecule has 1 amide bonds. The number of rotatable bonds is 8. The van der Waals surface area contributed by atoms with Gasteiger partial charge in [0.1, 0.15) is 0 Å². The first kappa shape index (κ1) is 22.3. The van der Waals surface area contributed by atoms with Crippen molar-refractivity contribution < 1.29 is 18.1 Å². The van der Waals surface area contributed by atoms with Crippen LogP contribution >= 0.6 is 0 Å². The highest BCUT2D eigenvalue weighted by Gasteiger charge is 2.21. The second kappa shape index (κ2) is 10.1. The molecule has 2 aromatic carbocycles. The molecule has 1 unspecified atom stereocenters. The van der Waals surface area contributed by atoms with Gasteiger partial charge in [-0.1, -0.05) is 18.2 Å². The molecule has 1 heterocycles. The van der Waals surface area contributed by atoms with Crippen LogP contribution in [0.3, 0.4) is 0 Å². The second-order valence-electron chi connectivity index (χ2n) is 8.11. The summed E-state index contributed by atoms with van der Waals surface area (Å²) >= 11 is 0. The lowest BCUT2D eigenvalue weighted by molar-refractivity contribution is -0.928. The summed E-state index contributed by atoms with van der Waals surface area (Å²) in [7, 11) is -3.70. The number of carbonyl (C=O) groups excluding carboxylic acids is 1. The van der Waals surface area contributed by atoms with E-state index in [4.69, 9.17) is 0 Å². The van der Waals surface area contributed by atoms with Gasteiger partial charge in [0.25, 0.3) is 15.9 Å². The number of nitrogens with one attached hydrogen (secondary N) is 3. The van der Waals surface area contributed by atoms with Crippen LogP contribution in [0.5, 0.6) is 0 Å². The zero-order valence-corrected chi connectivity index (χ0v) is 18.6. The molecule has 0 aromatic heterocycles. The first-order chi connectivity index (χ1) is 14.4. The van der Waals surface area contributed by atoms with Crippen molar-refractivity contribution in [2.45, 2.75) is 50.5 Å². The van der Waals surface area contributed by atoms with Crippen molar-refractivity contribution in [2.24, 2.45) is 0 Å². The van der Waals surface area contributed by atoms with Gasteiger partial charge in [-0.15, -0.1) is 0 Å². The highest BCUT2D eigenvalue weighted by atomic mass is 32.2. The number of aryl methyl sites for hydroxylation is 1. The number of quaternary nitrogens is 1. The smallest absolute Gasteiger partial charge is 0.261 e. The van der Waals surface area contributed by atoms with Crippen LogP contribution in [-0.4, -0.2) is 40.0 Å². The van der Waals surface area contributed by atoms with E-state index in [1.54, 1.807) is 29.2 Å². The monoisotopic (exact) mass is 430 g/mol. The summed E-state index contributed by atoms with van der Waals surface area (Å²) < 4.78 is 27.8. The van der Waals surface area contributed by atoms with Gasteiger partial charge < -0.3 is 10.2 Å². The van der Waals surface area contributed by atoms with Gasteiger partial charge in [0.15, 0.2) is 0 Å². The Balaban J connectivity index is 1.51. The number of amides is 1. The van der Waals surface area contributed by atoms with Gasteiger partial charge in [-0.2, -0.15) is 0 Å². The zero-order chi connectivity index (χ0) is 21.6. The topological polar surface area (TPSA) is 79.7 Å². The SMILES string of the molecule is Cc1ccccc1NS(=O)(=O)c1ccc(C(=O)NCCC[NH+]2CCCC[C@H]2C)cc1. The summed E-state index contributed by atoms with van der Waals surface area (Å²) in [6.07, 6.45) is 4.85. The van der Waals surface area contributed by atoms with E-state index in [-0.39, 0.29) is 10.8 Å². The van der Waals surface area contributed by atoms with E-state index in [2.05, 4.69) is 17.0 Å². The summed E-state index contributed by atoms with van der Waals surface area (Å²) in [5.41, 5.74) is 1.85. The lowest BCUT2D eigenvalue weighted by atomic mass is 10.0. The number of likely N-dealkylation sites (tertiary alicyclic amines) is 1. The fourth-order valence-electron chi connectivity index (χ4n) is 3.92. The van der Waals surface area contributed by atoms with Gasteiger partial charge in [-0.05, 0) is 69.0 Å². The molecular formula is C23H32N3O3S+. The van der Waals surface area contributed by atoms with Crippen LogP contribution in [0.25, 0.3) is 0 Å². The molecule has 1 fully saturated rings. The van der Waals surface area contributed by atoms with E-state index in [0.717, 1.165) is 18.5 Å². The Kier molecular flexibility index (Phi) is 7.50. The molecule has 1 aliphatic heterocycles. The Bertz CT molecular complexity index is 958. The number of hydrogen-bond acceptors (Lipinski definition) is 3. The summed E-state index contributed by atoms with van der Waals surface area (Å²) in [5, 5.41) is 2.94. The molecule has 6 nitrogen and oxygen atoms in total. The van der Waals surface area contributed by atoms with Gasteiger partial charge in [0, 0.05) is 18.5 Å². The van der Waals surface area contributed by atoms with Crippen molar-refractivity contribution in [3.63, 3.8) is 0 Å². The molecule has 0 spiro atoms. The quantitative estimate of drug-likeness (QED) is 0.563. The molecule has 2 atom stereocenters. The average Bonchev–Trinajstić information content (AvgIpc) is 2.74. The second-order valence-corrected chi connectivity index (χ2v) is 9.79. The van der Waals surface area contributed by atoms with Crippen LogP contribution < -0.4 is 14.9 Å². The van der Waals surface area contributed by atoms with E-state index in [1.807, 2.05) is 19.1 Å². The van der Waals surface area contributed by atoms with Gasteiger partial charge in [0.2, 0.25) is 0 Å². The molecule has 7 heteroatoms. The molecule has 3 rings (SSSR count). The minimum absolute atomic E-state index is 0.130. The Morgan fingerprint density at radius 1 is 1.10 bits per heavy atom. The van der Waals surface area contributed by atoms with Crippen molar-refractivity contribution in [1.82, 2.24) is 5.32 Å². The van der Waals surface area contributed by atoms with E-state index in [1.165, 1.54) is 37.9 Å². The van der Waals surface area contributed by atoms with Crippen LogP contribution in [0.1, 0.15) is 48.5 Å². The maximum Gasteiger partial charge on any atom is 0.261 e. The largest absolute Gasteiger partial charge is 0.352 e. The maximum absolute atomic E-state index is 12.6. The number of piperidine rings is 1. The summed E-state index contributed by atoms with van der Waals surface area (Å²) in [5.74, 6) is -0.174. The first-order valence-electron chi connectivity index (χ1n) is 10.7.